The summed E-state index contributed by atoms with van der Waals surface area (Å²) in [5.74, 6) is -0.234. The molecule has 1 aliphatic rings. The fourth-order valence-electron chi connectivity index (χ4n) is 3.15. The highest BCUT2D eigenvalue weighted by Crippen LogP contribution is 2.22. The number of rotatable bonds is 7. The molecule has 2 aromatic rings. The van der Waals surface area contributed by atoms with Crippen LogP contribution in [0.25, 0.3) is 0 Å². The molecule has 1 N–H and O–H groups in total. The second-order valence-electron chi connectivity index (χ2n) is 6.54. The zero-order chi connectivity index (χ0) is 18.4. The number of hydrogen-bond acceptors (Lipinski definition) is 2. The number of nitrogens with zero attached hydrogens (tertiary/aromatic N) is 1. The molecule has 136 valence electrons. The minimum Gasteiger partial charge on any atom is -0.352 e. The molecule has 0 radical (unpaired) electrons. The van der Waals surface area contributed by atoms with Gasteiger partial charge in [0.05, 0.1) is 0 Å². The lowest BCUT2D eigenvalue weighted by Gasteiger charge is -2.16. The van der Waals surface area contributed by atoms with Crippen LogP contribution >= 0.6 is 0 Å². The van der Waals surface area contributed by atoms with Crippen LogP contribution in [0.5, 0.6) is 0 Å². The first-order chi connectivity index (χ1) is 12.6. The van der Waals surface area contributed by atoms with E-state index in [1.54, 1.807) is 29.2 Å². The Morgan fingerprint density at radius 1 is 1.12 bits per heavy atom. The van der Waals surface area contributed by atoms with Crippen LogP contribution in [-0.4, -0.2) is 24.9 Å². The van der Waals surface area contributed by atoms with Gasteiger partial charge in [-0.3, -0.25) is 9.59 Å². The number of carbonyl (C=O) groups is 2. The molecule has 1 heterocycles. The largest absolute Gasteiger partial charge is 0.352 e. The van der Waals surface area contributed by atoms with E-state index in [1.165, 1.54) is 12.1 Å². The third-order valence-electron chi connectivity index (χ3n) is 4.58. The Balaban J connectivity index is 1.44. The Labute approximate surface area is 153 Å². The molecular formula is C21H23FN2O2. The number of unbranched alkanes of at least 4 members (excludes halogenated alkanes) is 1. The van der Waals surface area contributed by atoms with E-state index in [0.717, 1.165) is 36.9 Å². The maximum absolute atomic E-state index is 12.9. The van der Waals surface area contributed by atoms with Crippen LogP contribution in [0.3, 0.4) is 0 Å². The van der Waals surface area contributed by atoms with Crippen LogP contribution in [-0.2, 0) is 11.2 Å². The standard InChI is InChI=1S/C21H23FN2O2/c22-18-11-9-16(10-12-18)5-1-2-13-23-21(26)17-6-3-7-19(15-17)24-14-4-8-20(24)25/h3,6-7,9-12,15H,1-2,4-5,8,13-14H2,(H,23,26). The minimum absolute atomic E-state index is 0.114. The van der Waals surface area contributed by atoms with Crippen molar-refractivity contribution in [3.63, 3.8) is 0 Å². The van der Waals surface area contributed by atoms with Crippen molar-refractivity contribution in [3.8, 4) is 0 Å². The number of aryl methyl sites for hydroxylation is 1. The summed E-state index contributed by atoms with van der Waals surface area (Å²) in [5.41, 5.74) is 2.46. The van der Waals surface area contributed by atoms with E-state index < -0.39 is 0 Å². The van der Waals surface area contributed by atoms with Crippen LogP contribution in [0.2, 0.25) is 0 Å². The molecule has 2 amide bonds. The molecule has 0 unspecified atom stereocenters. The molecule has 1 fully saturated rings. The van der Waals surface area contributed by atoms with Gasteiger partial charge >= 0.3 is 0 Å². The van der Waals surface area contributed by atoms with E-state index in [4.69, 9.17) is 0 Å². The lowest BCUT2D eigenvalue weighted by Crippen LogP contribution is -2.26. The topological polar surface area (TPSA) is 49.4 Å². The van der Waals surface area contributed by atoms with Gasteiger partial charge in [-0.15, -0.1) is 0 Å². The average Bonchev–Trinajstić information content (AvgIpc) is 3.09. The van der Waals surface area contributed by atoms with Gasteiger partial charge in [-0.1, -0.05) is 18.2 Å². The van der Waals surface area contributed by atoms with Gasteiger partial charge in [0.25, 0.3) is 5.91 Å². The van der Waals surface area contributed by atoms with Crippen molar-refractivity contribution in [2.24, 2.45) is 0 Å². The van der Waals surface area contributed by atoms with E-state index in [0.29, 0.717) is 25.1 Å². The zero-order valence-corrected chi connectivity index (χ0v) is 14.7. The van der Waals surface area contributed by atoms with Crippen molar-refractivity contribution >= 4 is 17.5 Å². The number of nitrogens with one attached hydrogen (secondary N) is 1. The van der Waals surface area contributed by atoms with Crippen LogP contribution in [0.4, 0.5) is 10.1 Å². The van der Waals surface area contributed by atoms with Crippen molar-refractivity contribution in [3.05, 3.63) is 65.5 Å². The van der Waals surface area contributed by atoms with Gasteiger partial charge in [0, 0.05) is 30.8 Å². The molecule has 0 aliphatic carbocycles. The summed E-state index contributed by atoms with van der Waals surface area (Å²) in [6.45, 7) is 1.31. The van der Waals surface area contributed by atoms with Gasteiger partial charge in [0.2, 0.25) is 5.91 Å². The van der Waals surface area contributed by atoms with Crippen molar-refractivity contribution in [2.45, 2.75) is 32.1 Å². The summed E-state index contributed by atoms with van der Waals surface area (Å²) in [6.07, 6.45) is 4.08. The van der Waals surface area contributed by atoms with Crippen molar-refractivity contribution in [2.75, 3.05) is 18.0 Å². The summed E-state index contributed by atoms with van der Waals surface area (Å²) in [7, 11) is 0. The fraction of sp³-hybridized carbons (Fsp3) is 0.333. The van der Waals surface area contributed by atoms with Crippen molar-refractivity contribution in [1.29, 1.82) is 0 Å². The van der Waals surface area contributed by atoms with Crippen LogP contribution in [0.15, 0.2) is 48.5 Å². The minimum atomic E-state index is -0.223. The second kappa shape index (κ2) is 8.61. The maximum Gasteiger partial charge on any atom is 0.251 e. The second-order valence-corrected chi connectivity index (χ2v) is 6.54. The third-order valence-corrected chi connectivity index (χ3v) is 4.58. The monoisotopic (exact) mass is 354 g/mol. The molecule has 0 spiro atoms. The number of carbonyl (C=O) groups excluding carboxylic acids is 2. The average molecular weight is 354 g/mol. The highest BCUT2D eigenvalue weighted by Gasteiger charge is 2.22. The van der Waals surface area contributed by atoms with Gasteiger partial charge in [-0.05, 0) is 61.6 Å². The quantitative estimate of drug-likeness (QED) is 0.771. The van der Waals surface area contributed by atoms with Crippen LogP contribution in [0.1, 0.15) is 41.6 Å². The smallest absolute Gasteiger partial charge is 0.251 e. The summed E-state index contributed by atoms with van der Waals surface area (Å²) < 4.78 is 12.9. The Morgan fingerprint density at radius 3 is 2.65 bits per heavy atom. The Hall–Kier alpha value is -2.69. The molecule has 0 aromatic heterocycles. The SMILES string of the molecule is O=C(NCCCCc1ccc(F)cc1)c1cccc(N2CCCC2=O)c1. The normalized spacial score (nSPS) is 13.9. The molecule has 5 heteroatoms. The van der Waals surface area contributed by atoms with E-state index in [2.05, 4.69) is 5.32 Å². The Morgan fingerprint density at radius 2 is 1.92 bits per heavy atom. The first kappa shape index (κ1) is 18.1. The molecule has 1 saturated heterocycles. The predicted molar refractivity (Wildman–Crippen MR) is 99.7 cm³/mol. The van der Waals surface area contributed by atoms with Crippen molar-refractivity contribution < 1.29 is 14.0 Å². The molecule has 0 bridgehead atoms. The summed E-state index contributed by atoms with van der Waals surface area (Å²) in [4.78, 5) is 25.9. The number of hydrogen-bond donors (Lipinski definition) is 1. The highest BCUT2D eigenvalue weighted by atomic mass is 19.1. The van der Waals surface area contributed by atoms with Gasteiger partial charge in [-0.25, -0.2) is 4.39 Å². The first-order valence-electron chi connectivity index (χ1n) is 9.06. The van der Waals surface area contributed by atoms with E-state index in [1.807, 2.05) is 12.1 Å². The summed E-state index contributed by atoms with van der Waals surface area (Å²) >= 11 is 0. The van der Waals surface area contributed by atoms with Gasteiger partial charge in [0.15, 0.2) is 0 Å². The molecule has 1 aliphatic heterocycles. The Kier molecular flexibility index (Phi) is 6.00. The van der Waals surface area contributed by atoms with E-state index in [-0.39, 0.29) is 17.6 Å². The summed E-state index contributed by atoms with van der Waals surface area (Å²) in [6, 6.07) is 13.7. The molecule has 26 heavy (non-hydrogen) atoms. The molecule has 0 atom stereocenters. The lowest BCUT2D eigenvalue weighted by atomic mass is 10.1. The van der Waals surface area contributed by atoms with Gasteiger partial charge < -0.3 is 10.2 Å². The number of anilines is 1. The molecule has 4 nitrogen and oxygen atoms in total. The van der Waals surface area contributed by atoms with Gasteiger partial charge in [-0.2, -0.15) is 0 Å². The maximum atomic E-state index is 12.9. The Bertz CT molecular complexity index is 774. The third kappa shape index (κ3) is 4.69. The van der Waals surface area contributed by atoms with E-state index in [9.17, 15) is 14.0 Å². The molecule has 0 saturated carbocycles. The number of benzene rings is 2. The predicted octanol–water partition coefficient (Wildman–Crippen LogP) is 3.71. The highest BCUT2D eigenvalue weighted by molar-refractivity contribution is 5.99. The number of amides is 2. The fourth-order valence-corrected chi connectivity index (χ4v) is 3.15. The first-order valence-corrected chi connectivity index (χ1v) is 9.06. The van der Waals surface area contributed by atoms with Gasteiger partial charge in [0.1, 0.15) is 5.82 Å². The van der Waals surface area contributed by atoms with Crippen LogP contribution in [0, 0.1) is 5.82 Å². The molecule has 3 rings (SSSR count). The van der Waals surface area contributed by atoms with Crippen molar-refractivity contribution in [1.82, 2.24) is 5.32 Å². The lowest BCUT2D eigenvalue weighted by molar-refractivity contribution is -0.117. The van der Waals surface area contributed by atoms with E-state index >= 15 is 0 Å². The molecular weight excluding hydrogens is 331 g/mol. The molecule has 2 aromatic carbocycles. The van der Waals surface area contributed by atoms with Crippen LogP contribution < -0.4 is 10.2 Å². The number of halogens is 1. The zero-order valence-electron chi connectivity index (χ0n) is 14.7. The summed E-state index contributed by atoms with van der Waals surface area (Å²) in [5, 5.41) is 2.92.